The number of hydrogen-bond acceptors (Lipinski definition) is 5. The van der Waals surface area contributed by atoms with Gasteiger partial charge in [0.25, 0.3) is 0 Å². The fraction of sp³-hybridized carbons (Fsp3) is 0.286. The van der Waals surface area contributed by atoms with E-state index in [1.54, 1.807) is 12.3 Å². The predicted molar refractivity (Wildman–Crippen MR) is 71.9 cm³/mol. The van der Waals surface area contributed by atoms with E-state index in [2.05, 4.69) is 15.5 Å². The topological polar surface area (TPSA) is 67.3 Å². The molecule has 0 aliphatic heterocycles. The Morgan fingerprint density at radius 2 is 2.21 bits per heavy atom. The number of nitrogens with one attached hydrogen (secondary N) is 1. The van der Waals surface area contributed by atoms with Crippen LogP contribution in [0.25, 0.3) is 0 Å². The number of hydrogen-bond donors (Lipinski definition) is 2. The van der Waals surface area contributed by atoms with E-state index >= 15 is 0 Å². The van der Waals surface area contributed by atoms with E-state index in [1.165, 1.54) is 7.11 Å². The Bertz CT molecular complexity index is 531. The Morgan fingerprint density at radius 1 is 1.37 bits per heavy atom. The lowest BCUT2D eigenvalue weighted by molar-refractivity contribution is 0.372. The number of rotatable bonds is 5. The Morgan fingerprint density at radius 3 is 2.89 bits per heavy atom. The maximum Gasteiger partial charge on any atom is 0.160 e. The molecule has 0 spiro atoms. The minimum absolute atomic E-state index is 0.122. The van der Waals surface area contributed by atoms with Crippen molar-refractivity contribution in [3.63, 3.8) is 0 Å². The molecule has 1 aromatic carbocycles. The summed E-state index contributed by atoms with van der Waals surface area (Å²) in [6.45, 7) is 2.68. The largest absolute Gasteiger partial charge is 0.504 e. The third kappa shape index (κ3) is 3.42. The average Bonchev–Trinajstić information content (AvgIpc) is 2.46. The van der Waals surface area contributed by atoms with E-state index in [0.29, 0.717) is 12.3 Å². The Hall–Kier alpha value is -2.14. The lowest BCUT2D eigenvalue weighted by Gasteiger charge is -2.15. The lowest BCUT2D eigenvalue weighted by Crippen LogP contribution is -2.18. The van der Waals surface area contributed by atoms with Crippen molar-refractivity contribution in [2.24, 2.45) is 0 Å². The minimum atomic E-state index is 0.122. The zero-order valence-electron chi connectivity index (χ0n) is 11.0. The molecule has 0 amide bonds. The van der Waals surface area contributed by atoms with Gasteiger partial charge in [0.2, 0.25) is 0 Å². The van der Waals surface area contributed by atoms with Crippen molar-refractivity contribution in [2.75, 3.05) is 7.11 Å². The Kier molecular flexibility index (Phi) is 4.30. The van der Waals surface area contributed by atoms with Crippen LogP contribution in [0, 0.1) is 0 Å². The van der Waals surface area contributed by atoms with Gasteiger partial charge in [0, 0.05) is 18.8 Å². The first-order valence-electron chi connectivity index (χ1n) is 6.07. The molecule has 1 unspecified atom stereocenters. The molecule has 0 saturated heterocycles. The first kappa shape index (κ1) is 13.3. The molecule has 2 aromatic rings. The molecule has 1 aromatic heterocycles. The van der Waals surface area contributed by atoms with Gasteiger partial charge in [0.05, 0.1) is 12.8 Å². The summed E-state index contributed by atoms with van der Waals surface area (Å²) in [6.07, 6.45) is 1.65. The van der Waals surface area contributed by atoms with Crippen LogP contribution in [0.15, 0.2) is 36.5 Å². The number of benzene rings is 1. The second kappa shape index (κ2) is 6.15. The van der Waals surface area contributed by atoms with Gasteiger partial charge in [0.1, 0.15) is 0 Å². The summed E-state index contributed by atoms with van der Waals surface area (Å²) in [5.41, 5.74) is 1.93. The van der Waals surface area contributed by atoms with Crippen molar-refractivity contribution in [3.05, 3.63) is 47.8 Å². The molecule has 0 radical (unpaired) electrons. The number of nitrogens with zero attached hydrogens (tertiary/aromatic N) is 2. The second-order valence-corrected chi connectivity index (χ2v) is 4.25. The fourth-order valence-electron chi connectivity index (χ4n) is 1.77. The minimum Gasteiger partial charge on any atom is -0.504 e. The van der Waals surface area contributed by atoms with Crippen LogP contribution >= 0.6 is 0 Å². The summed E-state index contributed by atoms with van der Waals surface area (Å²) in [6, 6.07) is 9.23. The first-order chi connectivity index (χ1) is 9.20. The number of phenolic OH excluding ortho intramolecular Hbond substituents is 1. The van der Waals surface area contributed by atoms with Gasteiger partial charge in [-0.15, -0.1) is 0 Å². The van der Waals surface area contributed by atoms with Crippen molar-refractivity contribution >= 4 is 0 Å². The summed E-state index contributed by atoms with van der Waals surface area (Å²) < 4.78 is 5.10. The van der Waals surface area contributed by atoms with Crippen LogP contribution in [0.5, 0.6) is 11.5 Å². The van der Waals surface area contributed by atoms with Crippen LogP contribution in [0.1, 0.15) is 24.2 Å². The quantitative estimate of drug-likeness (QED) is 0.860. The maximum absolute atomic E-state index is 9.56. The number of ether oxygens (including phenoxy) is 1. The first-order valence-corrected chi connectivity index (χ1v) is 6.07. The zero-order valence-corrected chi connectivity index (χ0v) is 11.0. The summed E-state index contributed by atoms with van der Waals surface area (Å²) in [4.78, 5) is 0. The van der Waals surface area contributed by atoms with Gasteiger partial charge < -0.3 is 15.2 Å². The van der Waals surface area contributed by atoms with Crippen LogP contribution in [-0.2, 0) is 6.54 Å². The number of aromatic nitrogens is 2. The SMILES string of the molecule is COc1cc(C(C)NCc2cccnn2)ccc1O. The van der Waals surface area contributed by atoms with E-state index < -0.39 is 0 Å². The van der Waals surface area contributed by atoms with Crippen LogP contribution in [0.4, 0.5) is 0 Å². The third-order valence-electron chi connectivity index (χ3n) is 2.92. The highest BCUT2D eigenvalue weighted by molar-refractivity contribution is 5.42. The molecule has 0 bridgehead atoms. The van der Waals surface area contributed by atoms with E-state index in [0.717, 1.165) is 11.3 Å². The molecule has 19 heavy (non-hydrogen) atoms. The summed E-state index contributed by atoms with van der Waals surface area (Å²) >= 11 is 0. The summed E-state index contributed by atoms with van der Waals surface area (Å²) in [5.74, 6) is 0.623. The van der Waals surface area contributed by atoms with Gasteiger partial charge in [-0.2, -0.15) is 10.2 Å². The van der Waals surface area contributed by atoms with Crippen molar-refractivity contribution < 1.29 is 9.84 Å². The number of aromatic hydroxyl groups is 1. The van der Waals surface area contributed by atoms with Crippen LogP contribution in [-0.4, -0.2) is 22.4 Å². The van der Waals surface area contributed by atoms with Crippen molar-refractivity contribution in [3.8, 4) is 11.5 Å². The van der Waals surface area contributed by atoms with Gasteiger partial charge in [0.15, 0.2) is 11.5 Å². The molecule has 5 nitrogen and oxygen atoms in total. The van der Waals surface area contributed by atoms with Crippen LogP contribution in [0.2, 0.25) is 0 Å². The molecule has 0 aliphatic carbocycles. The molecule has 1 heterocycles. The summed E-state index contributed by atoms with van der Waals surface area (Å²) in [5, 5.41) is 20.8. The maximum atomic E-state index is 9.56. The van der Waals surface area contributed by atoms with Gasteiger partial charge in [-0.05, 0) is 36.8 Å². The van der Waals surface area contributed by atoms with Gasteiger partial charge >= 0.3 is 0 Å². The Balaban J connectivity index is 2.02. The highest BCUT2D eigenvalue weighted by Crippen LogP contribution is 2.28. The number of methoxy groups -OCH3 is 1. The van der Waals surface area contributed by atoms with E-state index in [4.69, 9.17) is 4.74 Å². The highest BCUT2D eigenvalue weighted by atomic mass is 16.5. The average molecular weight is 259 g/mol. The molecular formula is C14H17N3O2. The second-order valence-electron chi connectivity index (χ2n) is 4.25. The monoisotopic (exact) mass is 259 g/mol. The van der Waals surface area contributed by atoms with E-state index in [9.17, 15) is 5.11 Å². The predicted octanol–water partition coefficient (Wildman–Crippen LogP) is 2.04. The van der Waals surface area contributed by atoms with Gasteiger partial charge in [-0.1, -0.05) is 6.07 Å². The summed E-state index contributed by atoms with van der Waals surface area (Å²) in [7, 11) is 1.54. The molecule has 100 valence electrons. The number of phenols is 1. The van der Waals surface area contributed by atoms with Gasteiger partial charge in [-0.3, -0.25) is 0 Å². The smallest absolute Gasteiger partial charge is 0.160 e. The standard InChI is InChI=1S/C14H17N3O2/c1-10(15-9-12-4-3-7-16-17-12)11-5-6-13(18)14(8-11)19-2/h3-8,10,15,18H,9H2,1-2H3. The van der Waals surface area contributed by atoms with E-state index in [1.807, 2.05) is 31.2 Å². The molecule has 2 rings (SSSR count). The third-order valence-corrected chi connectivity index (χ3v) is 2.92. The lowest BCUT2D eigenvalue weighted by atomic mass is 10.1. The highest BCUT2D eigenvalue weighted by Gasteiger charge is 2.09. The normalized spacial score (nSPS) is 12.1. The van der Waals surface area contributed by atoms with Gasteiger partial charge in [-0.25, -0.2) is 0 Å². The van der Waals surface area contributed by atoms with E-state index in [-0.39, 0.29) is 11.8 Å². The van der Waals surface area contributed by atoms with Crippen molar-refractivity contribution in [1.29, 1.82) is 0 Å². The molecule has 1 atom stereocenters. The molecule has 5 heteroatoms. The molecule has 0 fully saturated rings. The van der Waals surface area contributed by atoms with Crippen LogP contribution < -0.4 is 10.1 Å². The Labute approximate surface area is 112 Å². The molecule has 0 saturated carbocycles. The molecule has 0 aliphatic rings. The fourth-order valence-corrected chi connectivity index (χ4v) is 1.77. The molecule has 2 N–H and O–H groups in total. The van der Waals surface area contributed by atoms with Crippen molar-refractivity contribution in [2.45, 2.75) is 19.5 Å². The zero-order chi connectivity index (χ0) is 13.7. The van der Waals surface area contributed by atoms with Crippen molar-refractivity contribution in [1.82, 2.24) is 15.5 Å². The van der Waals surface area contributed by atoms with Crippen LogP contribution in [0.3, 0.4) is 0 Å². The molecular weight excluding hydrogens is 242 g/mol.